The quantitative estimate of drug-likeness (QED) is 0.724. The predicted molar refractivity (Wildman–Crippen MR) is 77.4 cm³/mol. The normalized spacial score (nSPS) is 26.9. The summed E-state index contributed by atoms with van der Waals surface area (Å²) in [6.45, 7) is 2.91. The van der Waals surface area contributed by atoms with Crippen molar-refractivity contribution in [1.82, 2.24) is 9.80 Å². The SMILES string of the molecule is CCOC(=O)C1COC(=O)N1C1CCN(C(=O)C2(O)CC2)CC1. The molecule has 2 aliphatic heterocycles. The number of ether oxygens (including phenoxy) is 2. The number of esters is 1. The lowest BCUT2D eigenvalue weighted by Crippen LogP contribution is -2.53. The Labute approximate surface area is 134 Å². The third kappa shape index (κ3) is 2.99. The molecule has 1 N–H and O–H groups in total. The average Bonchev–Trinajstić information content (AvgIpc) is 3.18. The lowest BCUT2D eigenvalue weighted by atomic mass is 10.0. The van der Waals surface area contributed by atoms with E-state index < -0.39 is 23.7 Å². The molecule has 0 aromatic heterocycles. The van der Waals surface area contributed by atoms with Crippen molar-refractivity contribution in [3.05, 3.63) is 0 Å². The van der Waals surface area contributed by atoms with Crippen molar-refractivity contribution in [1.29, 1.82) is 0 Å². The number of carbonyl (C=O) groups excluding carboxylic acids is 3. The number of carbonyl (C=O) groups is 3. The Morgan fingerprint density at radius 3 is 2.57 bits per heavy atom. The van der Waals surface area contributed by atoms with Crippen molar-refractivity contribution in [2.45, 2.75) is 50.3 Å². The molecule has 0 aromatic carbocycles. The number of rotatable bonds is 4. The Balaban J connectivity index is 1.60. The number of hydrogen-bond acceptors (Lipinski definition) is 6. The van der Waals surface area contributed by atoms with Gasteiger partial charge in [-0.25, -0.2) is 9.59 Å². The van der Waals surface area contributed by atoms with Crippen LogP contribution in [0.3, 0.4) is 0 Å². The van der Waals surface area contributed by atoms with E-state index >= 15 is 0 Å². The monoisotopic (exact) mass is 326 g/mol. The number of hydrogen-bond donors (Lipinski definition) is 1. The number of cyclic esters (lactones) is 1. The van der Waals surface area contributed by atoms with Gasteiger partial charge in [0.25, 0.3) is 5.91 Å². The van der Waals surface area contributed by atoms with Crippen LogP contribution in [0.15, 0.2) is 0 Å². The molecule has 0 bridgehead atoms. The summed E-state index contributed by atoms with van der Waals surface area (Å²) in [5, 5.41) is 9.91. The first-order valence-electron chi connectivity index (χ1n) is 8.10. The zero-order chi connectivity index (χ0) is 16.6. The van der Waals surface area contributed by atoms with Crippen molar-refractivity contribution in [2.75, 3.05) is 26.3 Å². The predicted octanol–water partition coefficient (Wildman–Crippen LogP) is -0.114. The Morgan fingerprint density at radius 2 is 2.00 bits per heavy atom. The molecule has 8 nitrogen and oxygen atoms in total. The largest absolute Gasteiger partial charge is 0.464 e. The Bertz CT molecular complexity index is 510. The van der Waals surface area contributed by atoms with E-state index in [-0.39, 0.29) is 25.2 Å². The summed E-state index contributed by atoms with van der Waals surface area (Å²) in [5.41, 5.74) is -1.16. The molecule has 1 unspecified atom stereocenters. The fourth-order valence-corrected chi connectivity index (χ4v) is 3.23. The molecule has 3 aliphatic rings. The first-order chi connectivity index (χ1) is 11.0. The maximum absolute atomic E-state index is 12.1. The minimum Gasteiger partial charge on any atom is -0.464 e. The van der Waals surface area contributed by atoms with Gasteiger partial charge in [0.15, 0.2) is 6.04 Å². The standard InChI is InChI=1S/C15H22N2O6/c1-2-22-12(18)11-9-23-14(20)17(11)10-3-7-16(8-4-10)13(19)15(21)5-6-15/h10-11,21H,2-9H2,1H3. The van der Waals surface area contributed by atoms with E-state index in [4.69, 9.17) is 9.47 Å². The molecule has 3 rings (SSSR count). The van der Waals surface area contributed by atoms with Crippen LogP contribution in [0.5, 0.6) is 0 Å². The summed E-state index contributed by atoms with van der Waals surface area (Å²) in [7, 11) is 0. The summed E-state index contributed by atoms with van der Waals surface area (Å²) in [4.78, 5) is 39.1. The maximum Gasteiger partial charge on any atom is 0.410 e. The lowest BCUT2D eigenvalue weighted by Gasteiger charge is -2.37. The first kappa shape index (κ1) is 16.0. The smallest absolute Gasteiger partial charge is 0.410 e. The van der Waals surface area contributed by atoms with Gasteiger partial charge in [-0.3, -0.25) is 9.69 Å². The van der Waals surface area contributed by atoms with Crippen LogP contribution in [0.2, 0.25) is 0 Å². The number of likely N-dealkylation sites (tertiary alicyclic amines) is 1. The van der Waals surface area contributed by atoms with E-state index in [0.717, 1.165) is 0 Å². The fourth-order valence-electron chi connectivity index (χ4n) is 3.23. The van der Waals surface area contributed by atoms with Crippen molar-refractivity contribution < 1.29 is 29.0 Å². The van der Waals surface area contributed by atoms with E-state index in [1.165, 1.54) is 4.90 Å². The number of piperidine rings is 1. The van der Waals surface area contributed by atoms with E-state index in [1.807, 2.05) is 0 Å². The molecule has 8 heteroatoms. The highest BCUT2D eigenvalue weighted by atomic mass is 16.6. The van der Waals surface area contributed by atoms with Crippen LogP contribution in [0, 0.1) is 0 Å². The summed E-state index contributed by atoms with van der Waals surface area (Å²) >= 11 is 0. The van der Waals surface area contributed by atoms with Gasteiger partial charge in [0, 0.05) is 19.1 Å². The average molecular weight is 326 g/mol. The highest BCUT2D eigenvalue weighted by Crippen LogP contribution is 2.37. The second-order valence-corrected chi connectivity index (χ2v) is 6.31. The molecule has 2 amide bonds. The molecule has 2 saturated heterocycles. The number of nitrogens with zero attached hydrogens (tertiary/aromatic N) is 2. The molecule has 0 radical (unpaired) electrons. The number of amides is 2. The highest BCUT2D eigenvalue weighted by molar-refractivity contribution is 5.88. The lowest BCUT2D eigenvalue weighted by molar-refractivity contribution is -0.149. The van der Waals surface area contributed by atoms with Crippen LogP contribution >= 0.6 is 0 Å². The van der Waals surface area contributed by atoms with Crippen LogP contribution in [0.4, 0.5) is 4.79 Å². The van der Waals surface area contributed by atoms with Gasteiger partial charge in [-0.1, -0.05) is 0 Å². The Kier molecular flexibility index (Phi) is 4.18. The third-order valence-corrected chi connectivity index (χ3v) is 4.74. The van der Waals surface area contributed by atoms with Crippen LogP contribution in [0.25, 0.3) is 0 Å². The Morgan fingerprint density at radius 1 is 1.35 bits per heavy atom. The van der Waals surface area contributed by atoms with E-state index in [0.29, 0.717) is 38.8 Å². The first-order valence-corrected chi connectivity index (χ1v) is 8.10. The van der Waals surface area contributed by atoms with Gasteiger partial charge in [-0.05, 0) is 32.6 Å². The van der Waals surface area contributed by atoms with Crippen LogP contribution in [-0.2, 0) is 19.1 Å². The summed E-state index contributed by atoms with van der Waals surface area (Å²) in [5.74, 6) is -0.675. The van der Waals surface area contributed by atoms with Gasteiger partial charge < -0.3 is 19.5 Å². The molecule has 1 aliphatic carbocycles. The third-order valence-electron chi connectivity index (χ3n) is 4.74. The number of aliphatic hydroxyl groups is 1. The molecule has 1 atom stereocenters. The summed E-state index contributed by atoms with van der Waals surface area (Å²) < 4.78 is 10.0. The molecular formula is C15H22N2O6. The summed E-state index contributed by atoms with van der Waals surface area (Å²) in [6.07, 6.45) is 1.66. The Hall–Kier alpha value is -1.83. The van der Waals surface area contributed by atoms with Gasteiger partial charge in [0.1, 0.15) is 12.2 Å². The highest BCUT2D eigenvalue weighted by Gasteiger charge is 2.51. The van der Waals surface area contributed by atoms with E-state index in [1.54, 1.807) is 11.8 Å². The zero-order valence-corrected chi connectivity index (χ0v) is 13.2. The molecular weight excluding hydrogens is 304 g/mol. The molecule has 3 fully saturated rings. The molecule has 2 heterocycles. The van der Waals surface area contributed by atoms with Crippen LogP contribution in [0.1, 0.15) is 32.6 Å². The second-order valence-electron chi connectivity index (χ2n) is 6.31. The minimum absolute atomic E-state index is 0.0105. The molecule has 128 valence electrons. The molecule has 23 heavy (non-hydrogen) atoms. The minimum atomic E-state index is -1.16. The van der Waals surface area contributed by atoms with E-state index in [9.17, 15) is 19.5 Å². The van der Waals surface area contributed by atoms with Gasteiger partial charge >= 0.3 is 12.1 Å². The topological polar surface area (TPSA) is 96.4 Å². The van der Waals surface area contributed by atoms with Gasteiger partial charge in [-0.2, -0.15) is 0 Å². The van der Waals surface area contributed by atoms with Crippen LogP contribution in [-0.4, -0.2) is 76.9 Å². The van der Waals surface area contributed by atoms with Gasteiger partial charge in [0.2, 0.25) is 0 Å². The molecule has 0 aromatic rings. The fraction of sp³-hybridized carbons (Fsp3) is 0.800. The second kappa shape index (κ2) is 5.99. The maximum atomic E-state index is 12.1. The molecule has 1 saturated carbocycles. The van der Waals surface area contributed by atoms with Gasteiger partial charge in [-0.15, -0.1) is 0 Å². The molecule has 0 spiro atoms. The van der Waals surface area contributed by atoms with Gasteiger partial charge in [0.05, 0.1) is 6.61 Å². The van der Waals surface area contributed by atoms with Crippen molar-refractivity contribution in [3.63, 3.8) is 0 Å². The van der Waals surface area contributed by atoms with Crippen molar-refractivity contribution in [3.8, 4) is 0 Å². The zero-order valence-electron chi connectivity index (χ0n) is 13.2. The summed E-state index contributed by atoms with van der Waals surface area (Å²) in [6, 6.07) is -0.861. The van der Waals surface area contributed by atoms with Crippen molar-refractivity contribution >= 4 is 18.0 Å². The van der Waals surface area contributed by atoms with E-state index in [2.05, 4.69) is 0 Å². The van der Waals surface area contributed by atoms with Crippen molar-refractivity contribution in [2.24, 2.45) is 0 Å². The van der Waals surface area contributed by atoms with Crippen LogP contribution < -0.4 is 0 Å².